The number of hydrogen-bond donors (Lipinski definition) is 3. The Morgan fingerprint density at radius 2 is 1.89 bits per heavy atom. The van der Waals surface area contributed by atoms with Gasteiger partial charge in [0.05, 0.1) is 34.6 Å². The van der Waals surface area contributed by atoms with Crippen LogP contribution in [-0.2, 0) is 27.4 Å². The van der Waals surface area contributed by atoms with E-state index in [-0.39, 0.29) is 41.5 Å². The van der Waals surface area contributed by atoms with Crippen LogP contribution in [0.25, 0.3) is 5.65 Å². The highest BCUT2D eigenvalue weighted by atomic mass is 35.5. The number of fused-ring (bicyclic) bond motifs is 1. The third-order valence-corrected chi connectivity index (χ3v) is 8.74. The molecule has 10 nitrogen and oxygen atoms in total. The smallest absolute Gasteiger partial charge is 0.408 e. The van der Waals surface area contributed by atoms with Gasteiger partial charge in [0.1, 0.15) is 6.61 Å². The van der Waals surface area contributed by atoms with Gasteiger partial charge in [-0.25, -0.2) is 23.1 Å². The third kappa shape index (κ3) is 7.13. The summed E-state index contributed by atoms with van der Waals surface area (Å²) in [7, 11) is 0. The lowest BCUT2D eigenvalue weighted by Gasteiger charge is -2.37. The zero-order chi connectivity index (χ0) is 32.6. The lowest BCUT2D eigenvalue weighted by molar-refractivity contribution is -0.194. The van der Waals surface area contributed by atoms with E-state index in [1.54, 1.807) is 30.3 Å². The Balaban J connectivity index is 1.43. The molecular formula is C29H29ClF5N5O5. The number of piperidine rings is 1. The summed E-state index contributed by atoms with van der Waals surface area (Å²) >= 11 is 6.38. The average molecular weight is 658 g/mol. The minimum atomic E-state index is -4.75. The largest absolute Gasteiger partial charge is 0.480 e. The number of carbonyl (C=O) groups is 3. The third-order valence-electron chi connectivity index (χ3n) is 8.41. The van der Waals surface area contributed by atoms with E-state index in [2.05, 4.69) is 20.7 Å². The highest BCUT2D eigenvalue weighted by Crippen LogP contribution is 2.43. The van der Waals surface area contributed by atoms with Gasteiger partial charge in [0.2, 0.25) is 11.8 Å². The number of alkyl halides is 5. The van der Waals surface area contributed by atoms with E-state index in [0.717, 1.165) is 5.56 Å². The van der Waals surface area contributed by atoms with Gasteiger partial charge < -0.3 is 20.5 Å². The maximum Gasteiger partial charge on any atom is 0.408 e. The number of carbonyl (C=O) groups excluding carboxylic acids is 2. The molecule has 242 valence electrons. The summed E-state index contributed by atoms with van der Waals surface area (Å²) in [5.41, 5.74) is -1.57. The Morgan fingerprint density at radius 3 is 2.53 bits per heavy atom. The summed E-state index contributed by atoms with van der Waals surface area (Å²) in [6.07, 6.45) is -6.57. The van der Waals surface area contributed by atoms with Crippen molar-refractivity contribution in [2.75, 3.05) is 6.54 Å². The summed E-state index contributed by atoms with van der Waals surface area (Å²) in [4.78, 5) is 42.3. The first kappa shape index (κ1) is 32.4. The van der Waals surface area contributed by atoms with E-state index in [1.165, 1.54) is 16.8 Å². The van der Waals surface area contributed by atoms with Crippen LogP contribution in [0.1, 0.15) is 55.1 Å². The lowest BCUT2D eigenvalue weighted by atomic mass is 9.72. The molecule has 1 saturated heterocycles. The predicted molar refractivity (Wildman–Crippen MR) is 148 cm³/mol. The minimum Gasteiger partial charge on any atom is -0.480 e. The number of halogens is 6. The summed E-state index contributed by atoms with van der Waals surface area (Å²) in [5.74, 6) is -8.23. The van der Waals surface area contributed by atoms with Crippen LogP contribution in [0, 0.1) is 17.3 Å². The number of benzene rings is 1. The fraction of sp³-hybridized carbons (Fsp3) is 0.483. The van der Waals surface area contributed by atoms with Crippen molar-refractivity contribution in [3.63, 3.8) is 0 Å². The van der Waals surface area contributed by atoms with Crippen molar-refractivity contribution >= 4 is 35.2 Å². The molecule has 0 radical (unpaired) electrons. The van der Waals surface area contributed by atoms with Crippen molar-refractivity contribution in [3.8, 4) is 0 Å². The number of aromatic nitrogens is 3. The molecule has 16 heteroatoms. The second-order valence-electron chi connectivity index (χ2n) is 11.5. The molecule has 2 amide bonds. The van der Waals surface area contributed by atoms with Crippen LogP contribution in [0.2, 0.25) is 5.02 Å². The number of imidazole rings is 1. The highest BCUT2D eigenvalue weighted by Gasteiger charge is 2.56. The standard InChI is InChI=1S/C29H29ClF5N5O5/c30-19-10-22-37-21(14-40(22)39-20(19)12-27(25(42)43)11-18(29(33,34)35)13-36-24(27)41)23(17-6-8-28(31,32)9-7-17)38-26(44)45-15-16-4-2-1-3-5-16/h1-5,10,14,17-18,23H,6-9,11-13,15H2,(H,36,41)(H,38,44)(H,42,43)/t18-,23?,27?/m0/s1. The zero-order valence-electron chi connectivity index (χ0n) is 23.6. The van der Waals surface area contributed by atoms with Crippen molar-refractivity contribution in [3.05, 3.63) is 64.6 Å². The monoisotopic (exact) mass is 657 g/mol. The van der Waals surface area contributed by atoms with Crippen LogP contribution in [0.4, 0.5) is 26.7 Å². The summed E-state index contributed by atoms with van der Waals surface area (Å²) in [6, 6.07) is 9.30. The Bertz CT molecular complexity index is 1580. The molecule has 1 aliphatic heterocycles. The van der Waals surface area contributed by atoms with Crippen LogP contribution in [0.15, 0.2) is 42.6 Å². The number of nitrogens with one attached hydrogen (secondary N) is 2. The van der Waals surface area contributed by atoms with Gasteiger partial charge in [0.15, 0.2) is 11.1 Å². The second-order valence-corrected chi connectivity index (χ2v) is 11.9. The second kappa shape index (κ2) is 12.4. The van der Waals surface area contributed by atoms with Crippen molar-refractivity contribution in [2.24, 2.45) is 17.3 Å². The molecular weight excluding hydrogens is 629 g/mol. The quantitative estimate of drug-likeness (QED) is 0.216. The fourth-order valence-corrected chi connectivity index (χ4v) is 6.05. The van der Waals surface area contributed by atoms with Gasteiger partial charge >= 0.3 is 18.2 Å². The number of carboxylic acids is 1. The van der Waals surface area contributed by atoms with Gasteiger partial charge in [-0.3, -0.25) is 9.59 Å². The van der Waals surface area contributed by atoms with Crippen LogP contribution >= 0.6 is 11.6 Å². The van der Waals surface area contributed by atoms with Crippen molar-refractivity contribution in [1.29, 1.82) is 0 Å². The van der Waals surface area contributed by atoms with Crippen molar-refractivity contribution < 1.29 is 46.2 Å². The number of ether oxygens (including phenoxy) is 1. The Labute approximate surface area is 258 Å². The number of hydrogen-bond acceptors (Lipinski definition) is 6. The maximum absolute atomic E-state index is 14.0. The summed E-state index contributed by atoms with van der Waals surface area (Å²) < 4.78 is 75.1. The zero-order valence-corrected chi connectivity index (χ0v) is 24.4. The van der Waals surface area contributed by atoms with Gasteiger partial charge in [-0.05, 0) is 30.7 Å². The van der Waals surface area contributed by atoms with E-state index >= 15 is 0 Å². The highest BCUT2D eigenvalue weighted by molar-refractivity contribution is 6.31. The van der Waals surface area contributed by atoms with Gasteiger partial charge in [-0.2, -0.15) is 18.3 Å². The summed E-state index contributed by atoms with van der Waals surface area (Å²) in [6.45, 7) is -0.792. The molecule has 0 bridgehead atoms. The maximum atomic E-state index is 14.0. The first-order valence-electron chi connectivity index (χ1n) is 14.1. The lowest BCUT2D eigenvalue weighted by Crippen LogP contribution is -2.57. The van der Waals surface area contributed by atoms with Gasteiger partial charge in [0.25, 0.3) is 0 Å². The molecule has 1 aromatic carbocycles. The first-order chi connectivity index (χ1) is 21.2. The predicted octanol–water partition coefficient (Wildman–Crippen LogP) is 5.49. The molecule has 5 rings (SSSR count). The van der Waals surface area contributed by atoms with Gasteiger partial charge in [0, 0.05) is 31.9 Å². The fourth-order valence-electron chi connectivity index (χ4n) is 5.85. The molecule has 2 aromatic heterocycles. The van der Waals surface area contributed by atoms with E-state index in [9.17, 15) is 41.4 Å². The Morgan fingerprint density at radius 1 is 1.20 bits per heavy atom. The molecule has 2 unspecified atom stereocenters. The Kier molecular flexibility index (Phi) is 8.93. The van der Waals surface area contributed by atoms with E-state index in [4.69, 9.17) is 16.3 Å². The molecule has 2 aliphatic rings. The van der Waals surface area contributed by atoms with Crippen LogP contribution in [0.3, 0.4) is 0 Å². The van der Waals surface area contributed by atoms with Gasteiger partial charge in [-0.1, -0.05) is 41.9 Å². The van der Waals surface area contributed by atoms with Crippen molar-refractivity contribution in [2.45, 2.75) is 63.3 Å². The number of aliphatic carboxylic acids is 1. The normalized spacial score (nSPS) is 22.9. The number of amides is 2. The molecule has 45 heavy (non-hydrogen) atoms. The average Bonchev–Trinajstić information content (AvgIpc) is 3.38. The molecule has 1 aliphatic carbocycles. The van der Waals surface area contributed by atoms with Gasteiger partial charge in [-0.15, -0.1) is 0 Å². The summed E-state index contributed by atoms with van der Waals surface area (Å²) in [5, 5.41) is 18.8. The van der Waals surface area contributed by atoms with Crippen LogP contribution < -0.4 is 10.6 Å². The molecule has 3 N–H and O–H groups in total. The first-order valence-corrected chi connectivity index (χ1v) is 14.5. The number of carboxylic acid groups (broad SMARTS) is 1. The molecule has 1 saturated carbocycles. The molecule has 3 heterocycles. The van der Waals surface area contributed by atoms with Crippen molar-refractivity contribution in [1.82, 2.24) is 25.2 Å². The minimum absolute atomic E-state index is 0.0398. The van der Waals surface area contributed by atoms with Crippen LogP contribution in [-0.4, -0.2) is 56.3 Å². The van der Waals surface area contributed by atoms with E-state index < -0.39 is 85.6 Å². The molecule has 3 aromatic rings. The molecule has 0 spiro atoms. The SMILES string of the molecule is O=C(NC(c1cn2nc(CC3(C(=O)O)C[C@H](C(F)(F)F)CNC3=O)c(Cl)cc2n1)C1CCC(F)(F)CC1)OCc1ccccc1. The molecule has 2 fully saturated rings. The van der Waals surface area contributed by atoms with Crippen LogP contribution in [0.5, 0.6) is 0 Å². The topological polar surface area (TPSA) is 135 Å². The number of rotatable bonds is 8. The van der Waals surface area contributed by atoms with E-state index in [1.807, 2.05) is 0 Å². The number of alkyl carbamates (subject to hydrolysis) is 1. The Hall–Kier alpha value is -4.01. The number of nitrogens with zero attached hydrogens (tertiary/aromatic N) is 3. The molecule has 3 atom stereocenters. The van der Waals surface area contributed by atoms with E-state index in [0.29, 0.717) is 0 Å².